The van der Waals surface area contributed by atoms with Crippen molar-refractivity contribution < 1.29 is 38.1 Å². The summed E-state index contributed by atoms with van der Waals surface area (Å²) >= 11 is 27.8. The van der Waals surface area contributed by atoms with Crippen molar-refractivity contribution in [2.75, 3.05) is 14.2 Å². The summed E-state index contributed by atoms with van der Waals surface area (Å²) in [6.45, 7) is 0.0300. The minimum absolute atomic E-state index is 0.0300. The van der Waals surface area contributed by atoms with E-state index in [1.165, 1.54) is 53.2 Å². The Morgan fingerprint density at radius 2 is 0.896 bits per heavy atom. The van der Waals surface area contributed by atoms with E-state index in [1.54, 1.807) is 53.1 Å². The highest BCUT2D eigenvalue weighted by atomic mass is 79.9. The van der Waals surface area contributed by atoms with E-state index < -0.39 is 5.97 Å². The highest BCUT2D eigenvalue weighted by Crippen LogP contribution is 2.37. The highest BCUT2D eigenvalue weighted by Gasteiger charge is 2.14. The third-order valence-corrected chi connectivity index (χ3v) is 20.2. The lowest BCUT2D eigenvalue weighted by molar-refractivity contribution is -0.136. The predicted octanol–water partition coefficient (Wildman–Crippen LogP) is 23.7. The maximum Gasteiger partial charge on any atom is 0.354 e. The smallest absolute Gasteiger partial charge is 0.354 e. The molecule has 3 N–H and O–H groups in total. The normalized spacial score (nSPS) is 10.4. The minimum Gasteiger partial charge on any atom is -0.466 e. The molecule has 0 atom stereocenters. The third-order valence-electron chi connectivity index (χ3n) is 12.6. The molecule has 12 rings (SSSR count). The van der Waals surface area contributed by atoms with Gasteiger partial charge < -0.3 is 24.5 Å². The molecule has 0 spiro atoms. The Labute approximate surface area is 618 Å². The molecule has 0 aliphatic heterocycles. The maximum absolute atomic E-state index is 12.3. The molecule has 12 aromatic rings. The van der Waals surface area contributed by atoms with Crippen LogP contribution in [-0.4, -0.2) is 53.8 Å². The Balaban J connectivity index is 0.000000168. The van der Waals surface area contributed by atoms with Crippen LogP contribution < -0.4 is 0 Å². The largest absolute Gasteiger partial charge is 0.466 e. The van der Waals surface area contributed by atoms with Gasteiger partial charge in [0.05, 0.1) is 20.8 Å². The van der Waals surface area contributed by atoms with Gasteiger partial charge in [-0.2, -0.15) is 0 Å². The number of aromatic nitrogens is 2. The molecule has 0 radical (unpaired) electrons. The van der Waals surface area contributed by atoms with Crippen LogP contribution in [0.15, 0.2) is 320 Å². The summed E-state index contributed by atoms with van der Waals surface area (Å²) < 4.78 is 25.8. The Morgan fingerprint density at radius 3 is 1.28 bits per heavy atom. The Morgan fingerprint density at radius 1 is 0.500 bits per heavy atom. The number of nitrogens with one attached hydrogen (secondary N) is 2. The number of aromatic amines is 2. The van der Waals surface area contributed by atoms with E-state index in [0.29, 0.717) is 27.6 Å². The van der Waals surface area contributed by atoms with Crippen LogP contribution in [0.3, 0.4) is 0 Å². The number of halogens is 6. The second-order valence-corrected chi connectivity index (χ2v) is 28.7. The summed E-state index contributed by atoms with van der Waals surface area (Å²) in [5.74, 6) is -1.40. The van der Waals surface area contributed by atoms with E-state index in [-0.39, 0.29) is 24.1 Å². The lowest BCUT2D eigenvalue weighted by Crippen LogP contribution is -2.02. The summed E-state index contributed by atoms with van der Waals surface area (Å²) in [6.07, 6.45) is 3.00. The number of fused-ring (bicyclic) bond motifs is 2. The first-order valence-electron chi connectivity index (χ1n) is 28.3. The van der Waals surface area contributed by atoms with Gasteiger partial charge in [-0.1, -0.05) is 213 Å². The SMILES string of the molecule is COC(=O)/C(=C/c1ccc(Sc2ccccc2)cc1Br)N=[N+]=[N-].COC(=O)c1cc2c(Br)cc(Sc3ccccc3)cc2[nH]1.O=Cc1ccc(F)cc1Br.O=Cc1ccc(Sc2ccccc2)cc1Br.OCc1cc2c(Br)cc(Sc3ccccc3)cc2[nH]1.Sc1ccccc1. The van der Waals surface area contributed by atoms with Crippen molar-refractivity contribution in [1.29, 1.82) is 0 Å². The van der Waals surface area contributed by atoms with E-state index >= 15 is 0 Å². The van der Waals surface area contributed by atoms with Gasteiger partial charge in [0.25, 0.3) is 0 Å². The average Bonchev–Trinajstić information content (AvgIpc) is 1.67. The quantitative estimate of drug-likeness (QED) is 0.0145. The van der Waals surface area contributed by atoms with Crippen LogP contribution >= 0.6 is 139 Å². The van der Waals surface area contributed by atoms with Crippen LogP contribution in [0.2, 0.25) is 0 Å². The fraction of sp³-hybridized carbons (Fsp3) is 0.0411. The van der Waals surface area contributed by atoms with Crippen molar-refractivity contribution in [1.82, 2.24) is 9.97 Å². The molecule has 486 valence electrons. The number of H-pyrrole nitrogens is 2. The fourth-order valence-electron chi connectivity index (χ4n) is 8.13. The van der Waals surface area contributed by atoms with Crippen LogP contribution in [0.4, 0.5) is 4.39 Å². The van der Waals surface area contributed by atoms with Gasteiger partial charge in [0.15, 0.2) is 12.6 Å². The number of aliphatic hydroxyl groups is 1. The molecule has 0 unspecified atom stereocenters. The van der Waals surface area contributed by atoms with Crippen molar-refractivity contribution >= 4 is 192 Å². The van der Waals surface area contributed by atoms with E-state index in [9.17, 15) is 28.7 Å². The number of aliphatic hydroxyl groups excluding tert-OH is 1. The predicted molar refractivity (Wildman–Crippen MR) is 408 cm³/mol. The number of esters is 2. The van der Waals surface area contributed by atoms with Crippen molar-refractivity contribution in [3.05, 3.63) is 315 Å². The molecule has 10 aromatic carbocycles. The average molecular weight is 1690 g/mol. The molecular weight excluding hydrogens is 1640 g/mol. The second kappa shape index (κ2) is 40.4. The Hall–Kier alpha value is -7.35. The van der Waals surface area contributed by atoms with Crippen molar-refractivity contribution in [3.8, 4) is 0 Å². The van der Waals surface area contributed by atoms with Crippen LogP contribution in [-0.2, 0) is 20.9 Å². The van der Waals surface area contributed by atoms with Crippen LogP contribution in [0.25, 0.3) is 38.3 Å². The molecule has 0 aliphatic carbocycles. The van der Waals surface area contributed by atoms with Crippen molar-refractivity contribution in [2.24, 2.45) is 5.11 Å². The Kier molecular flexibility index (Phi) is 32.0. The summed E-state index contributed by atoms with van der Waals surface area (Å²) in [7, 11) is 2.61. The third kappa shape index (κ3) is 24.6. The van der Waals surface area contributed by atoms with Crippen molar-refractivity contribution in [2.45, 2.75) is 50.7 Å². The molecule has 96 heavy (non-hydrogen) atoms. The molecule has 23 heteroatoms. The molecule has 0 aliphatic rings. The lowest BCUT2D eigenvalue weighted by Gasteiger charge is -2.05. The van der Waals surface area contributed by atoms with Gasteiger partial charge in [-0.05, 0) is 179 Å². The molecule has 12 nitrogen and oxygen atoms in total. The number of hydrogen-bond donors (Lipinski definition) is 4. The number of rotatable bonds is 15. The van der Waals surface area contributed by atoms with E-state index in [4.69, 9.17) is 10.3 Å². The topological polar surface area (TPSA) is 187 Å². The van der Waals surface area contributed by atoms with Crippen LogP contribution in [0.5, 0.6) is 0 Å². The number of azide groups is 1. The summed E-state index contributed by atoms with van der Waals surface area (Å²) in [4.78, 5) is 63.1. The van der Waals surface area contributed by atoms with Gasteiger partial charge >= 0.3 is 11.9 Å². The van der Waals surface area contributed by atoms with E-state index in [2.05, 4.69) is 172 Å². The molecule has 0 saturated heterocycles. The standard InChI is InChI=1S/C16H12BrN3O2S.C16H12BrNO2S.C15H12BrNOS.C13H9BrOS.C7H4BrFO.C6H6S/c1-22-16(21)15(19-20-18)9-11-7-8-13(10-14(11)17)23-12-5-3-2-4-6-12;1-20-16(19)15-9-12-13(17)7-11(8-14(12)18-15)21-10-5-3-2-4-6-10;16-14-7-12(19-11-4-2-1-3-5-11)8-15-13(14)6-10(9-18)17-15;14-13-8-12(7-6-10(13)9-15)16-11-4-2-1-3-5-11;8-7-3-6(9)2-1-5(7)4-10;7-6-4-2-1-3-5-6/h2-10H,1H3;2-9,18H,1H3;1-8,17-18H,9H2;1-9H;1-4H;1-5,7H/b15-9-;;;;;. The summed E-state index contributed by atoms with van der Waals surface area (Å²) in [5, 5.41) is 14.6. The van der Waals surface area contributed by atoms with Crippen molar-refractivity contribution in [3.63, 3.8) is 0 Å². The number of ether oxygens (including phenoxy) is 2. The van der Waals surface area contributed by atoms with Crippen LogP contribution in [0, 0.1) is 5.82 Å². The van der Waals surface area contributed by atoms with Gasteiger partial charge in [0.2, 0.25) is 0 Å². The number of carbonyl (C=O) groups excluding carboxylic acids is 4. The minimum atomic E-state index is -0.683. The van der Waals surface area contributed by atoms with E-state index in [0.717, 1.165) is 86.6 Å². The lowest BCUT2D eigenvalue weighted by atomic mass is 10.2. The highest BCUT2D eigenvalue weighted by molar-refractivity contribution is 9.11. The van der Waals surface area contributed by atoms with Gasteiger partial charge in [0, 0.05) is 110 Å². The first kappa shape index (κ1) is 76.0. The van der Waals surface area contributed by atoms with Gasteiger partial charge in [-0.3, -0.25) is 9.59 Å². The van der Waals surface area contributed by atoms with Gasteiger partial charge in [-0.25, -0.2) is 14.0 Å². The number of aldehydes is 2. The number of hydrogen-bond acceptors (Lipinski definition) is 13. The Bertz CT molecular complexity index is 4630. The molecule has 0 amide bonds. The number of nitrogens with zero attached hydrogens (tertiary/aromatic N) is 3. The zero-order valence-electron chi connectivity index (χ0n) is 50.6. The number of carbonyl (C=O) groups is 4. The number of benzene rings is 10. The molecule has 0 bridgehead atoms. The molecule has 2 heterocycles. The van der Waals surface area contributed by atoms with Gasteiger partial charge in [-0.15, -0.1) is 12.6 Å². The first-order valence-corrected chi connectivity index (χ1v) is 36.0. The summed E-state index contributed by atoms with van der Waals surface area (Å²) in [6, 6.07) is 77.8. The second-order valence-electron chi connectivity index (χ2n) is 19.3. The molecule has 2 aromatic heterocycles. The number of thiol groups is 1. The molecular formula is C73H55Br5FN5O7S5. The molecule has 0 fully saturated rings. The monoisotopic (exact) mass is 1690 g/mol. The van der Waals surface area contributed by atoms with E-state index in [1.807, 2.05) is 164 Å². The molecule has 0 saturated carbocycles. The maximum atomic E-state index is 12.3. The first-order chi connectivity index (χ1) is 46.5. The van der Waals surface area contributed by atoms with Gasteiger partial charge in [0.1, 0.15) is 17.2 Å². The fourth-order valence-corrected chi connectivity index (χ4v) is 15.1. The zero-order chi connectivity index (χ0) is 68.8. The zero-order valence-corrected chi connectivity index (χ0v) is 62.7. The van der Waals surface area contributed by atoms with Crippen LogP contribution in [0.1, 0.15) is 42.5 Å². The number of methoxy groups -OCH3 is 2. The summed E-state index contributed by atoms with van der Waals surface area (Å²) in [5.41, 5.74) is 13.5.